The lowest BCUT2D eigenvalue weighted by Gasteiger charge is -2.29. The number of hydrogen-bond donors (Lipinski definition) is 0. The lowest BCUT2D eigenvalue weighted by Crippen LogP contribution is -2.22. The normalized spacial score (nSPS) is 13.2. The van der Waals surface area contributed by atoms with Crippen LogP contribution in [0, 0.1) is 0 Å². The van der Waals surface area contributed by atoms with E-state index >= 15 is 0 Å². The van der Waals surface area contributed by atoms with Gasteiger partial charge in [0.25, 0.3) is 0 Å². The highest BCUT2D eigenvalue weighted by molar-refractivity contribution is 7.25. The first-order valence-electron chi connectivity index (χ1n) is 18.2. The molecule has 2 heterocycles. The Morgan fingerprint density at radius 1 is 0.434 bits per heavy atom. The Morgan fingerprint density at radius 3 is 1.79 bits per heavy atom. The minimum absolute atomic E-state index is 0.350. The van der Waals surface area contributed by atoms with Gasteiger partial charge in [-0.2, -0.15) is 0 Å². The highest BCUT2D eigenvalue weighted by Crippen LogP contribution is 2.54. The van der Waals surface area contributed by atoms with Crippen LogP contribution in [0.4, 0.5) is 17.1 Å². The van der Waals surface area contributed by atoms with Gasteiger partial charge in [-0.3, -0.25) is 0 Å². The zero-order valence-corrected chi connectivity index (χ0v) is 29.9. The topological polar surface area (TPSA) is 16.4 Å². The summed E-state index contributed by atoms with van der Waals surface area (Å²) in [5, 5.41) is 4.85. The van der Waals surface area contributed by atoms with Crippen molar-refractivity contribution in [3.63, 3.8) is 0 Å². The molecule has 3 heteroatoms. The molecule has 2 nitrogen and oxygen atoms in total. The van der Waals surface area contributed by atoms with Crippen LogP contribution in [0.15, 0.2) is 186 Å². The summed E-state index contributed by atoms with van der Waals surface area (Å²) in [5.41, 5.74) is 13.7. The summed E-state index contributed by atoms with van der Waals surface area (Å²) in [6.45, 7) is 2.39. The Morgan fingerprint density at radius 2 is 1.02 bits per heavy atom. The third-order valence-corrected chi connectivity index (χ3v) is 12.5. The van der Waals surface area contributed by atoms with Crippen molar-refractivity contribution >= 4 is 70.5 Å². The van der Waals surface area contributed by atoms with E-state index in [-0.39, 0.29) is 5.41 Å². The average molecular weight is 696 g/mol. The molecule has 0 N–H and O–H groups in total. The van der Waals surface area contributed by atoms with Gasteiger partial charge in [-0.05, 0) is 107 Å². The maximum Gasteiger partial charge on any atom is 0.135 e. The Bertz CT molecular complexity index is 2980. The number of fused-ring (bicyclic) bond motifs is 9. The molecule has 0 saturated heterocycles. The van der Waals surface area contributed by atoms with Crippen molar-refractivity contribution in [3.05, 3.63) is 199 Å². The lowest BCUT2D eigenvalue weighted by atomic mass is 9.73. The van der Waals surface area contributed by atoms with Crippen molar-refractivity contribution in [2.45, 2.75) is 12.3 Å². The molecule has 1 aliphatic rings. The minimum Gasteiger partial charge on any atom is -0.456 e. The summed E-state index contributed by atoms with van der Waals surface area (Å²) in [6.07, 6.45) is 0. The van der Waals surface area contributed by atoms with Gasteiger partial charge in [0.1, 0.15) is 11.2 Å². The van der Waals surface area contributed by atoms with Crippen LogP contribution < -0.4 is 4.90 Å². The Labute approximate surface area is 311 Å². The summed E-state index contributed by atoms with van der Waals surface area (Å²) in [4.78, 5) is 2.39. The van der Waals surface area contributed by atoms with Crippen molar-refractivity contribution in [2.24, 2.45) is 0 Å². The highest BCUT2D eigenvalue weighted by atomic mass is 32.1. The number of benzene rings is 8. The van der Waals surface area contributed by atoms with Crippen LogP contribution in [-0.4, -0.2) is 0 Å². The van der Waals surface area contributed by atoms with Gasteiger partial charge in [-0.1, -0.05) is 121 Å². The van der Waals surface area contributed by atoms with Crippen LogP contribution in [0.1, 0.15) is 23.6 Å². The van der Waals surface area contributed by atoms with E-state index in [1.54, 1.807) is 0 Å². The van der Waals surface area contributed by atoms with Crippen molar-refractivity contribution in [2.75, 3.05) is 4.90 Å². The molecule has 0 amide bonds. The van der Waals surface area contributed by atoms with Crippen molar-refractivity contribution in [3.8, 4) is 22.3 Å². The second kappa shape index (κ2) is 11.5. The zero-order chi connectivity index (χ0) is 35.1. The molecule has 11 rings (SSSR count). The number of rotatable bonds is 5. The van der Waals surface area contributed by atoms with E-state index < -0.39 is 0 Å². The third-order valence-electron chi connectivity index (χ3n) is 11.3. The average Bonchev–Trinajstić information content (AvgIpc) is 3.87. The van der Waals surface area contributed by atoms with Gasteiger partial charge in [-0.15, -0.1) is 11.3 Å². The fourth-order valence-electron chi connectivity index (χ4n) is 8.85. The second-order valence-corrected chi connectivity index (χ2v) is 15.3. The summed E-state index contributed by atoms with van der Waals surface area (Å²) in [6, 6.07) is 66.2. The summed E-state index contributed by atoms with van der Waals surface area (Å²) < 4.78 is 9.26. The van der Waals surface area contributed by atoms with Crippen LogP contribution in [0.3, 0.4) is 0 Å². The predicted molar refractivity (Wildman–Crippen MR) is 224 cm³/mol. The zero-order valence-electron chi connectivity index (χ0n) is 29.1. The summed E-state index contributed by atoms with van der Waals surface area (Å²) >= 11 is 1.85. The fourth-order valence-corrected chi connectivity index (χ4v) is 9.93. The summed E-state index contributed by atoms with van der Waals surface area (Å²) in [7, 11) is 0. The van der Waals surface area contributed by atoms with E-state index in [9.17, 15) is 0 Å². The van der Waals surface area contributed by atoms with E-state index in [0.29, 0.717) is 0 Å². The van der Waals surface area contributed by atoms with Gasteiger partial charge in [0.2, 0.25) is 0 Å². The van der Waals surface area contributed by atoms with Gasteiger partial charge < -0.3 is 9.32 Å². The lowest BCUT2D eigenvalue weighted by molar-refractivity contribution is 0.666. The quantitative estimate of drug-likeness (QED) is 0.178. The van der Waals surface area contributed by atoms with Gasteiger partial charge >= 0.3 is 0 Å². The van der Waals surface area contributed by atoms with Crippen LogP contribution in [0.25, 0.3) is 64.4 Å². The first kappa shape index (κ1) is 30.2. The molecule has 0 spiro atoms. The molecule has 1 aliphatic carbocycles. The molecule has 0 fully saturated rings. The maximum atomic E-state index is 6.66. The summed E-state index contributed by atoms with van der Waals surface area (Å²) in [5.74, 6) is 0. The largest absolute Gasteiger partial charge is 0.456 e. The monoisotopic (exact) mass is 695 g/mol. The van der Waals surface area contributed by atoms with Gasteiger partial charge in [0.05, 0.1) is 0 Å². The highest BCUT2D eigenvalue weighted by Gasteiger charge is 2.42. The van der Waals surface area contributed by atoms with Crippen LogP contribution in [0.2, 0.25) is 0 Å². The smallest absolute Gasteiger partial charge is 0.135 e. The van der Waals surface area contributed by atoms with E-state index in [0.717, 1.165) is 39.0 Å². The van der Waals surface area contributed by atoms with E-state index in [1.807, 2.05) is 11.3 Å². The van der Waals surface area contributed by atoms with E-state index in [4.69, 9.17) is 4.42 Å². The Hall–Kier alpha value is -6.42. The first-order valence-corrected chi connectivity index (χ1v) is 19.0. The molecule has 0 bridgehead atoms. The van der Waals surface area contributed by atoms with Crippen LogP contribution in [-0.2, 0) is 5.41 Å². The van der Waals surface area contributed by atoms with Gasteiger partial charge in [0, 0.05) is 53.4 Å². The first-order chi connectivity index (χ1) is 26.1. The molecule has 2 aromatic heterocycles. The Kier molecular flexibility index (Phi) is 6.58. The van der Waals surface area contributed by atoms with Crippen LogP contribution >= 0.6 is 11.3 Å². The van der Waals surface area contributed by atoms with Crippen molar-refractivity contribution in [1.82, 2.24) is 0 Å². The molecule has 250 valence electrons. The molecule has 0 unspecified atom stereocenters. The maximum absolute atomic E-state index is 6.66. The Balaban J connectivity index is 1.14. The molecule has 0 saturated carbocycles. The number of anilines is 3. The second-order valence-electron chi connectivity index (χ2n) is 14.2. The SMILES string of the molecule is CC1(c2cccc3oc4ccc(N(c5ccc(-c6ccccc6)cc5)c5ccc6sc7ccccc7c6c5)cc4c23)c2ccccc2-c2ccccc21. The number of furan rings is 1. The van der Waals surface area contributed by atoms with Crippen molar-refractivity contribution in [1.29, 1.82) is 0 Å². The third kappa shape index (κ3) is 4.51. The van der Waals surface area contributed by atoms with Crippen molar-refractivity contribution < 1.29 is 4.42 Å². The molecule has 0 radical (unpaired) electrons. The van der Waals surface area contributed by atoms with E-state index in [1.165, 1.54) is 59.1 Å². The molecule has 53 heavy (non-hydrogen) atoms. The number of nitrogens with zero attached hydrogens (tertiary/aromatic N) is 1. The minimum atomic E-state index is -0.350. The predicted octanol–water partition coefficient (Wildman–Crippen LogP) is 14.4. The standard InChI is InChI=1S/C50H33NOS/c1-50(42-17-8-5-14-37(42)38-15-6-9-18-43(38)50)44-19-11-20-46-49(44)41-31-35(26-28-45(41)52-46)51(34-24-22-33(23-25-34)32-12-3-2-4-13-32)36-27-29-48-40(30-36)39-16-7-10-21-47(39)53-48/h2-31H,1H3. The van der Waals surface area contributed by atoms with E-state index in [2.05, 4.69) is 194 Å². The molecular formula is C50H33NOS. The van der Waals surface area contributed by atoms with Crippen LogP contribution in [0.5, 0.6) is 0 Å². The fraction of sp³-hybridized carbons (Fsp3) is 0.0400. The molecule has 0 atom stereocenters. The molecular weight excluding hydrogens is 663 g/mol. The molecule has 0 aliphatic heterocycles. The molecule has 8 aromatic carbocycles. The number of hydrogen-bond acceptors (Lipinski definition) is 3. The van der Waals surface area contributed by atoms with Gasteiger partial charge in [-0.25, -0.2) is 0 Å². The molecule has 10 aromatic rings. The van der Waals surface area contributed by atoms with Gasteiger partial charge in [0.15, 0.2) is 0 Å². The number of thiophene rings is 1.